The Morgan fingerprint density at radius 2 is 1.45 bits per heavy atom. The lowest BCUT2D eigenvalue weighted by Crippen LogP contribution is -2.15. The molecule has 0 amide bonds. The van der Waals surface area contributed by atoms with Crippen LogP contribution in [0, 0.1) is 23.4 Å². The largest absolute Gasteiger partial charge is 0.497 e. The molecule has 0 saturated heterocycles. The first-order valence-electron chi connectivity index (χ1n) is 11.9. The average molecular weight is 431 g/mol. The minimum Gasteiger partial charge on any atom is -0.497 e. The maximum absolute atomic E-state index is 14.7. The molecule has 0 heterocycles. The van der Waals surface area contributed by atoms with E-state index >= 15 is 0 Å². The first-order chi connectivity index (χ1) is 15.1. The Hall–Kier alpha value is -1.97. The summed E-state index contributed by atoms with van der Waals surface area (Å²) < 4.78 is 48.9. The molecule has 0 bridgehead atoms. The molecule has 0 atom stereocenters. The smallest absolute Gasteiger partial charge is 0.162 e. The van der Waals surface area contributed by atoms with Crippen LogP contribution in [-0.4, -0.2) is 7.11 Å². The van der Waals surface area contributed by atoms with Crippen molar-refractivity contribution >= 4 is 0 Å². The van der Waals surface area contributed by atoms with Gasteiger partial charge in [0.05, 0.1) is 7.11 Å². The molecule has 168 valence electrons. The van der Waals surface area contributed by atoms with Crippen LogP contribution in [-0.2, 0) is 6.42 Å². The monoisotopic (exact) mass is 430 g/mol. The third-order valence-corrected chi connectivity index (χ3v) is 7.55. The molecule has 4 rings (SSSR count). The number of hydrogen-bond donors (Lipinski definition) is 0. The molecule has 0 N–H and O–H groups in total. The summed E-state index contributed by atoms with van der Waals surface area (Å²) in [5, 5.41) is 0. The van der Waals surface area contributed by atoms with Gasteiger partial charge >= 0.3 is 0 Å². The molecule has 31 heavy (non-hydrogen) atoms. The van der Waals surface area contributed by atoms with Gasteiger partial charge in [-0.1, -0.05) is 37.5 Å². The summed E-state index contributed by atoms with van der Waals surface area (Å²) in [5.41, 5.74) is 1.84. The maximum atomic E-state index is 14.7. The van der Waals surface area contributed by atoms with Crippen LogP contribution in [0.2, 0.25) is 0 Å². The van der Waals surface area contributed by atoms with E-state index in [-0.39, 0.29) is 17.7 Å². The standard InChI is InChI=1S/C27H33F3O/c1-31-22-14-16-23(25(28)17-22)20-10-7-18(8-11-20)9-12-21-13-15-24(27(30)26(21)29)19-5-3-2-4-6-19/h13-20H,2-12H2,1H3. The van der Waals surface area contributed by atoms with Crippen LogP contribution in [0.3, 0.4) is 0 Å². The van der Waals surface area contributed by atoms with E-state index in [1.54, 1.807) is 6.07 Å². The van der Waals surface area contributed by atoms with E-state index in [4.69, 9.17) is 4.74 Å². The van der Waals surface area contributed by atoms with Gasteiger partial charge in [0.15, 0.2) is 11.6 Å². The van der Waals surface area contributed by atoms with Crippen molar-refractivity contribution in [1.82, 2.24) is 0 Å². The number of rotatable bonds is 6. The van der Waals surface area contributed by atoms with Crippen molar-refractivity contribution in [3.8, 4) is 5.75 Å². The molecule has 0 radical (unpaired) electrons. The van der Waals surface area contributed by atoms with Gasteiger partial charge in [-0.05, 0) is 91.9 Å². The van der Waals surface area contributed by atoms with Crippen molar-refractivity contribution in [3.05, 3.63) is 64.5 Å². The van der Waals surface area contributed by atoms with Crippen LogP contribution >= 0.6 is 0 Å². The Morgan fingerprint density at radius 3 is 2.13 bits per heavy atom. The number of benzene rings is 2. The lowest BCUT2D eigenvalue weighted by Gasteiger charge is -2.29. The first kappa shape index (κ1) is 22.2. The summed E-state index contributed by atoms with van der Waals surface area (Å²) in [6.07, 6.45) is 10.6. The van der Waals surface area contributed by atoms with Crippen molar-refractivity contribution < 1.29 is 17.9 Å². The zero-order valence-corrected chi connectivity index (χ0v) is 18.4. The molecular weight excluding hydrogens is 397 g/mol. The summed E-state index contributed by atoms with van der Waals surface area (Å²) in [6.45, 7) is 0. The zero-order valence-electron chi connectivity index (χ0n) is 18.4. The third kappa shape index (κ3) is 5.10. The van der Waals surface area contributed by atoms with E-state index in [2.05, 4.69) is 0 Å². The molecular formula is C27H33F3O. The topological polar surface area (TPSA) is 9.23 Å². The Morgan fingerprint density at radius 1 is 0.774 bits per heavy atom. The van der Waals surface area contributed by atoms with E-state index in [9.17, 15) is 13.2 Å². The summed E-state index contributed by atoms with van der Waals surface area (Å²) in [4.78, 5) is 0. The lowest BCUT2D eigenvalue weighted by atomic mass is 9.76. The summed E-state index contributed by atoms with van der Waals surface area (Å²) >= 11 is 0. The second kappa shape index (κ2) is 10.1. The molecule has 2 fully saturated rings. The predicted molar refractivity (Wildman–Crippen MR) is 118 cm³/mol. The highest BCUT2D eigenvalue weighted by Gasteiger charge is 2.26. The van der Waals surface area contributed by atoms with Gasteiger partial charge < -0.3 is 4.74 Å². The number of halogens is 3. The molecule has 2 aliphatic rings. The number of hydrogen-bond acceptors (Lipinski definition) is 1. The van der Waals surface area contributed by atoms with Gasteiger partial charge in [0.25, 0.3) is 0 Å². The second-order valence-electron chi connectivity index (χ2n) is 9.42. The number of ether oxygens (including phenoxy) is 1. The van der Waals surface area contributed by atoms with Crippen molar-refractivity contribution in [3.63, 3.8) is 0 Å². The van der Waals surface area contributed by atoms with Gasteiger partial charge in [0.1, 0.15) is 11.6 Å². The highest BCUT2D eigenvalue weighted by Crippen LogP contribution is 2.40. The quantitative estimate of drug-likeness (QED) is 0.450. The molecule has 2 aromatic rings. The molecule has 0 aromatic heterocycles. The average Bonchev–Trinajstić information content (AvgIpc) is 2.81. The number of aryl methyl sites for hydroxylation is 1. The maximum Gasteiger partial charge on any atom is 0.162 e. The molecule has 0 aliphatic heterocycles. The van der Waals surface area contributed by atoms with E-state index in [0.717, 1.165) is 63.4 Å². The highest BCUT2D eigenvalue weighted by molar-refractivity contribution is 5.32. The summed E-state index contributed by atoms with van der Waals surface area (Å²) in [6, 6.07) is 8.74. The molecule has 1 nitrogen and oxygen atoms in total. The van der Waals surface area contributed by atoms with Crippen molar-refractivity contribution in [2.24, 2.45) is 5.92 Å². The van der Waals surface area contributed by atoms with Crippen LogP contribution in [0.1, 0.15) is 92.7 Å². The van der Waals surface area contributed by atoms with E-state index in [0.29, 0.717) is 29.2 Å². The van der Waals surface area contributed by atoms with Gasteiger partial charge in [-0.2, -0.15) is 0 Å². The molecule has 0 unspecified atom stereocenters. The first-order valence-corrected chi connectivity index (χ1v) is 11.9. The van der Waals surface area contributed by atoms with E-state index in [1.165, 1.54) is 19.6 Å². The highest BCUT2D eigenvalue weighted by atomic mass is 19.2. The normalized spacial score (nSPS) is 22.5. The van der Waals surface area contributed by atoms with Gasteiger partial charge in [0, 0.05) is 6.07 Å². The minimum atomic E-state index is -0.642. The molecule has 2 aromatic carbocycles. The van der Waals surface area contributed by atoms with Gasteiger partial charge in [0.2, 0.25) is 0 Å². The Labute approximate surface area is 184 Å². The van der Waals surface area contributed by atoms with Crippen molar-refractivity contribution in [2.45, 2.75) is 82.5 Å². The SMILES string of the molecule is COc1ccc(C2CCC(CCc3ccc(C4CCCCC4)c(F)c3F)CC2)c(F)c1. The Kier molecular flexibility index (Phi) is 7.24. The van der Waals surface area contributed by atoms with Crippen LogP contribution in [0.4, 0.5) is 13.2 Å². The molecule has 0 spiro atoms. The lowest BCUT2D eigenvalue weighted by molar-refractivity contribution is 0.305. The molecule has 4 heteroatoms. The summed E-state index contributed by atoms with van der Waals surface area (Å²) in [5.74, 6) is -0.0349. The van der Waals surface area contributed by atoms with Crippen LogP contribution in [0.5, 0.6) is 5.75 Å². The van der Waals surface area contributed by atoms with Gasteiger partial charge in [-0.3, -0.25) is 0 Å². The fourth-order valence-electron chi connectivity index (χ4n) is 5.61. The Balaban J connectivity index is 1.32. The minimum absolute atomic E-state index is 0.172. The van der Waals surface area contributed by atoms with Gasteiger partial charge in [-0.15, -0.1) is 0 Å². The van der Waals surface area contributed by atoms with Crippen molar-refractivity contribution in [1.29, 1.82) is 0 Å². The van der Waals surface area contributed by atoms with Crippen molar-refractivity contribution in [2.75, 3.05) is 7.11 Å². The zero-order chi connectivity index (χ0) is 21.8. The van der Waals surface area contributed by atoms with Crippen LogP contribution in [0.15, 0.2) is 30.3 Å². The van der Waals surface area contributed by atoms with Crippen LogP contribution < -0.4 is 4.74 Å². The molecule has 2 saturated carbocycles. The van der Waals surface area contributed by atoms with Gasteiger partial charge in [-0.25, -0.2) is 13.2 Å². The fourth-order valence-corrected chi connectivity index (χ4v) is 5.61. The Bertz CT molecular complexity index is 880. The van der Waals surface area contributed by atoms with E-state index in [1.807, 2.05) is 18.2 Å². The van der Waals surface area contributed by atoms with Crippen LogP contribution in [0.25, 0.3) is 0 Å². The molecule has 2 aliphatic carbocycles. The number of methoxy groups -OCH3 is 1. The summed E-state index contributed by atoms with van der Waals surface area (Å²) in [7, 11) is 1.54. The third-order valence-electron chi connectivity index (χ3n) is 7.55. The fraction of sp³-hybridized carbons (Fsp3) is 0.556. The predicted octanol–water partition coefficient (Wildman–Crippen LogP) is 8.07. The second-order valence-corrected chi connectivity index (χ2v) is 9.42. The van der Waals surface area contributed by atoms with E-state index < -0.39 is 11.6 Å².